The van der Waals surface area contributed by atoms with Crippen LogP contribution in [0.5, 0.6) is 0 Å². The molecule has 1 aromatic heterocycles. The second-order valence-corrected chi connectivity index (χ2v) is 5.43. The Balaban J connectivity index is 1.72. The number of piperidine rings is 1. The molecule has 2 rings (SSSR count). The van der Waals surface area contributed by atoms with Gasteiger partial charge < -0.3 is 10.6 Å². The fourth-order valence-electron chi connectivity index (χ4n) is 2.32. The van der Waals surface area contributed by atoms with Crippen molar-refractivity contribution in [2.24, 2.45) is 5.92 Å². The van der Waals surface area contributed by atoms with E-state index < -0.39 is 0 Å². The Morgan fingerprint density at radius 2 is 2.28 bits per heavy atom. The van der Waals surface area contributed by atoms with Crippen LogP contribution in [0.1, 0.15) is 44.7 Å². The van der Waals surface area contributed by atoms with Crippen LogP contribution in [0.2, 0.25) is 0 Å². The Morgan fingerprint density at radius 1 is 1.39 bits per heavy atom. The van der Waals surface area contributed by atoms with Crippen molar-refractivity contribution in [3.05, 3.63) is 17.8 Å². The van der Waals surface area contributed by atoms with E-state index in [9.17, 15) is 0 Å². The molecule has 0 radical (unpaired) electrons. The van der Waals surface area contributed by atoms with Gasteiger partial charge in [0.15, 0.2) is 0 Å². The van der Waals surface area contributed by atoms with Gasteiger partial charge in [0, 0.05) is 6.54 Å². The number of nitrogens with one attached hydrogen (secondary N) is 2. The van der Waals surface area contributed by atoms with Crippen LogP contribution >= 0.6 is 0 Å². The Morgan fingerprint density at radius 3 is 2.89 bits per heavy atom. The highest BCUT2D eigenvalue weighted by atomic mass is 15.2. The molecular weight excluding hydrogens is 224 g/mol. The molecule has 1 atom stereocenters. The summed E-state index contributed by atoms with van der Waals surface area (Å²) in [5.74, 6) is 2.15. The molecule has 2 heterocycles. The lowest BCUT2D eigenvalue weighted by molar-refractivity contribution is 0.364. The summed E-state index contributed by atoms with van der Waals surface area (Å²) in [5.41, 5.74) is 1.05. The number of nitrogens with zero attached hydrogens (tertiary/aromatic N) is 2. The van der Waals surface area contributed by atoms with Crippen molar-refractivity contribution in [3.8, 4) is 0 Å². The van der Waals surface area contributed by atoms with Crippen LogP contribution in [0.3, 0.4) is 0 Å². The van der Waals surface area contributed by atoms with Gasteiger partial charge in [-0.3, -0.25) is 0 Å². The van der Waals surface area contributed by atoms with Gasteiger partial charge in [0.05, 0.1) is 5.69 Å². The fraction of sp³-hybridized carbons (Fsp3) is 0.714. The molecule has 18 heavy (non-hydrogen) atoms. The molecule has 0 spiro atoms. The van der Waals surface area contributed by atoms with Crippen molar-refractivity contribution in [3.63, 3.8) is 0 Å². The Bertz CT molecular complexity index is 341. The summed E-state index contributed by atoms with van der Waals surface area (Å²) < 4.78 is 0. The maximum absolute atomic E-state index is 4.22. The van der Waals surface area contributed by atoms with Crippen molar-refractivity contribution < 1.29 is 0 Å². The van der Waals surface area contributed by atoms with Crippen LogP contribution in [0.4, 0.5) is 5.82 Å². The number of hydrogen-bond acceptors (Lipinski definition) is 4. The summed E-state index contributed by atoms with van der Waals surface area (Å²) in [6.45, 7) is 7.61. The highest BCUT2D eigenvalue weighted by molar-refractivity contribution is 5.33. The summed E-state index contributed by atoms with van der Waals surface area (Å²) >= 11 is 0. The average molecular weight is 248 g/mol. The Hall–Kier alpha value is -1.16. The first-order valence-electron chi connectivity index (χ1n) is 7.04. The van der Waals surface area contributed by atoms with Crippen LogP contribution in [0.25, 0.3) is 0 Å². The zero-order valence-electron chi connectivity index (χ0n) is 11.4. The molecule has 4 nitrogen and oxygen atoms in total. The van der Waals surface area contributed by atoms with E-state index in [-0.39, 0.29) is 0 Å². The van der Waals surface area contributed by atoms with Gasteiger partial charge in [-0.1, -0.05) is 13.8 Å². The summed E-state index contributed by atoms with van der Waals surface area (Å²) in [4.78, 5) is 0. The largest absolute Gasteiger partial charge is 0.369 e. The molecule has 1 aliphatic heterocycles. The molecule has 0 saturated carbocycles. The van der Waals surface area contributed by atoms with Crippen LogP contribution in [-0.4, -0.2) is 29.8 Å². The van der Waals surface area contributed by atoms with Crippen molar-refractivity contribution in [1.82, 2.24) is 15.5 Å². The topological polar surface area (TPSA) is 49.8 Å². The van der Waals surface area contributed by atoms with Crippen LogP contribution < -0.4 is 10.6 Å². The van der Waals surface area contributed by atoms with Gasteiger partial charge in [0.2, 0.25) is 0 Å². The summed E-state index contributed by atoms with van der Waals surface area (Å²) in [5, 5.41) is 15.2. The predicted octanol–water partition coefficient (Wildman–Crippen LogP) is 2.40. The second-order valence-electron chi connectivity index (χ2n) is 5.43. The first-order chi connectivity index (χ1) is 8.75. The van der Waals surface area contributed by atoms with E-state index in [4.69, 9.17) is 0 Å². The quantitative estimate of drug-likeness (QED) is 0.840. The minimum atomic E-state index is 0.444. The molecule has 1 fully saturated rings. The van der Waals surface area contributed by atoms with Crippen LogP contribution in [-0.2, 0) is 0 Å². The standard InChI is InChI=1S/C14H24N4/c1-11(2)13-5-6-14(18-17-13)16-9-7-12-4-3-8-15-10-12/h5-6,11-12,15H,3-4,7-10H2,1-2H3,(H,16,18). The van der Waals surface area contributed by atoms with Gasteiger partial charge in [-0.15, -0.1) is 5.10 Å². The van der Waals surface area contributed by atoms with Gasteiger partial charge in [-0.25, -0.2) is 0 Å². The Kier molecular flexibility index (Phi) is 4.93. The molecule has 1 aliphatic rings. The van der Waals surface area contributed by atoms with E-state index >= 15 is 0 Å². The third-order valence-corrected chi connectivity index (χ3v) is 3.53. The van der Waals surface area contributed by atoms with Gasteiger partial charge in [-0.2, -0.15) is 5.10 Å². The van der Waals surface area contributed by atoms with E-state index in [1.807, 2.05) is 6.07 Å². The first kappa shape index (κ1) is 13.3. The van der Waals surface area contributed by atoms with E-state index in [0.29, 0.717) is 5.92 Å². The smallest absolute Gasteiger partial charge is 0.148 e. The molecule has 1 saturated heterocycles. The molecule has 1 unspecified atom stereocenters. The first-order valence-corrected chi connectivity index (χ1v) is 7.04. The number of aromatic nitrogens is 2. The number of hydrogen-bond donors (Lipinski definition) is 2. The van der Waals surface area contributed by atoms with E-state index in [1.54, 1.807) is 0 Å². The SMILES string of the molecule is CC(C)c1ccc(NCCC2CCCNC2)nn1. The second kappa shape index (κ2) is 6.69. The van der Waals surface area contributed by atoms with E-state index in [1.165, 1.54) is 32.4 Å². The molecule has 4 heteroatoms. The molecule has 1 aromatic rings. The maximum Gasteiger partial charge on any atom is 0.148 e. The zero-order valence-corrected chi connectivity index (χ0v) is 11.4. The molecule has 2 N–H and O–H groups in total. The van der Waals surface area contributed by atoms with Gasteiger partial charge in [0.25, 0.3) is 0 Å². The summed E-state index contributed by atoms with van der Waals surface area (Å²) in [6.07, 6.45) is 3.88. The van der Waals surface area contributed by atoms with Crippen LogP contribution in [0, 0.1) is 5.92 Å². The van der Waals surface area contributed by atoms with E-state index in [2.05, 4.69) is 40.7 Å². The molecular formula is C14H24N4. The molecule has 0 amide bonds. The zero-order chi connectivity index (χ0) is 12.8. The maximum atomic E-state index is 4.22. The fourth-order valence-corrected chi connectivity index (χ4v) is 2.32. The van der Waals surface area contributed by atoms with Gasteiger partial charge in [0.1, 0.15) is 5.82 Å². The molecule has 0 aliphatic carbocycles. The van der Waals surface area contributed by atoms with Crippen molar-refractivity contribution in [1.29, 1.82) is 0 Å². The third-order valence-electron chi connectivity index (χ3n) is 3.53. The van der Waals surface area contributed by atoms with Crippen molar-refractivity contribution >= 4 is 5.82 Å². The predicted molar refractivity (Wildman–Crippen MR) is 74.8 cm³/mol. The highest BCUT2D eigenvalue weighted by Gasteiger charge is 2.12. The highest BCUT2D eigenvalue weighted by Crippen LogP contribution is 2.15. The number of rotatable bonds is 5. The van der Waals surface area contributed by atoms with E-state index in [0.717, 1.165) is 24.0 Å². The Labute approximate surface area is 110 Å². The lowest BCUT2D eigenvalue weighted by Gasteiger charge is -2.22. The van der Waals surface area contributed by atoms with Gasteiger partial charge >= 0.3 is 0 Å². The lowest BCUT2D eigenvalue weighted by atomic mass is 9.96. The van der Waals surface area contributed by atoms with Crippen molar-refractivity contribution in [2.75, 3.05) is 25.0 Å². The summed E-state index contributed by atoms with van der Waals surface area (Å²) in [7, 11) is 0. The minimum absolute atomic E-state index is 0.444. The minimum Gasteiger partial charge on any atom is -0.369 e. The summed E-state index contributed by atoms with van der Waals surface area (Å²) in [6, 6.07) is 4.09. The van der Waals surface area contributed by atoms with Crippen molar-refractivity contribution in [2.45, 2.75) is 39.0 Å². The monoisotopic (exact) mass is 248 g/mol. The van der Waals surface area contributed by atoms with Gasteiger partial charge in [-0.05, 0) is 56.3 Å². The number of anilines is 1. The molecule has 0 aromatic carbocycles. The van der Waals surface area contributed by atoms with Crippen LogP contribution in [0.15, 0.2) is 12.1 Å². The third kappa shape index (κ3) is 3.95. The molecule has 0 bridgehead atoms. The normalized spacial score (nSPS) is 20.1. The average Bonchev–Trinajstić information content (AvgIpc) is 2.40. The molecule has 100 valence electrons. The lowest BCUT2D eigenvalue weighted by Crippen LogP contribution is -2.30.